The monoisotopic (exact) mass is 269 g/mol. The lowest BCUT2D eigenvalue weighted by atomic mass is 9.83. The highest BCUT2D eigenvalue weighted by Crippen LogP contribution is 2.31. The second-order valence-corrected chi connectivity index (χ2v) is 4.72. The van der Waals surface area contributed by atoms with Gasteiger partial charge in [0.1, 0.15) is 11.6 Å². The number of hydrogen-bond donors (Lipinski definition) is 2. The fourth-order valence-electron chi connectivity index (χ4n) is 1.68. The number of ether oxygens (including phenoxy) is 1. The fraction of sp³-hybridized carbons (Fsp3) is 0.385. The van der Waals surface area contributed by atoms with Crippen molar-refractivity contribution in [2.75, 3.05) is 13.7 Å². The van der Waals surface area contributed by atoms with E-state index in [2.05, 4.69) is 5.32 Å². The first-order valence-electron chi connectivity index (χ1n) is 5.63. The van der Waals surface area contributed by atoms with Crippen LogP contribution in [0.2, 0.25) is 0 Å². The number of carbonyl (C=O) groups is 2. The zero-order valence-corrected chi connectivity index (χ0v) is 11.0. The molecule has 0 atom stereocenters. The van der Waals surface area contributed by atoms with Crippen molar-refractivity contribution in [3.63, 3.8) is 0 Å². The number of hydrogen-bond acceptors (Lipinski definition) is 3. The summed E-state index contributed by atoms with van der Waals surface area (Å²) in [6.45, 7) is 3.57. The molecule has 6 heteroatoms. The molecule has 0 saturated heterocycles. The van der Waals surface area contributed by atoms with Crippen molar-refractivity contribution in [1.82, 2.24) is 5.32 Å². The Morgan fingerprint density at radius 2 is 2.05 bits per heavy atom. The highest BCUT2D eigenvalue weighted by atomic mass is 19.1. The zero-order valence-electron chi connectivity index (χ0n) is 11.0. The van der Waals surface area contributed by atoms with E-state index in [-0.39, 0.29) is 6.54 Å². The number of benzene rings is 1. The van der Waals surface area contributed by atoms with E-state index in [0.29, 0.717) is 11.3 Å². The molecule has 0 saturated carbocycles. The Hall–Kier alpha value is -2.11. The minimum atomic E-state index is -1.55. The number of nitrogens with one attached hydrogen (secondary N) is 1. The Bertz CT molecular complexity index is 499. The number of halogens is 1. The van der Waals surface area contributed by atoms with Crippen LogP contribution in [-0.2, 0) is 15.0 Å². The summed E-state index contributed by atoms with van der Waals surface area (Å²) < 4.78 is 18.4. The summed E-state index contributed by atoms with van der Waals surface area (Å²) in [4.78, 5) is 21.5. The van der Waals surface area contributed by atoms with Gasteiger partial charge in [-0.15, -0.1) is 0 Å². The predicted molar refractivity (Wildman–Crippen MR) is 66.6 cm³/mol. The van der Waals surface area contributed by atoms with E-state index in [1.807, 2.05) is 0 Å². The largest absolute Gasteiger partial charge is 0.496 e. The van der Waals surface area contributed by atoms with Gasteiger partial charge in [0.2, 0.25) is 0 Å². The molecule has 0 heterocycles. The van der Waals surface area contributed by atoms with E-state index in [9.17, 15) is 14.0 Å². The highest BCUT2D eigenvalue weighted by Gasteiger charge is 2.26. The molecule has 0 aromatic heterocycles. The van der Waals surface area contributed by atoms with E-state index in [0.717, 1.165) is 0 Å². The summed E-state index contributed by atoms with van der Waals surface area (Å²) in [6, 6.07) is 4.07. The van der Waals surface area contributed by atoms with Crippen LogP contribution in [0.25, 0.3) is 0 Å². The number of carbonyl (C=O) groups excluding carboxylic acids is 1. The van der Waals surface area contributed by atoms with Gasteiger partial charge in [0, 0.05) is 17.5 Å². The molecular weight excluding hydrogens is 253 g/mol. The SMILES string of the molecule is COc1ccc(F)cc1C(C)(C)CNC(=O)C(=O)O. The van der Waals surface area contributed by atoms with Crippen LogP contribution >= 0.6 is 0 Å². The molecule has 0 aliphatic rings. The molecular formula is C13H16FNO4. The number of carboxylic acid groups (broad SMARTS) is 1. The Kier molecular flexibility index (Phi) is 4.47. The third-order valence-electron chi connectivity index (χ3n) is 2.78. The molecule has 0 bridgehead atoms. The van der Waals surface area contributed by atoms with Crippen molar-refractivity contribution in [1.29, 1.82) is 0 Å². The molecule has 0 unspecified atom stereocenters. The first-order chi connectivity index (χ1) is 8.77. The lowest BCUT2D eigenvalue weighted by molar-refractivity contribution is -0.150. The molecule has 0 aliphatic heterocycles. The molecule has 0 spiro atoms. The first-order valence-corrected chi connectivity index (χ1v) is 5.63. The topological polar surface area (TPSA) is 75.6 Å². The molecule has 1 aromatic carbocycles. The molecule has 1 amide bonds. The molecule has 0 fully saturated rings. The van der Waals surface area contributed by atoms with Gasteiger partial charge in [-0.1, -0.05) is 13.8 Å². The molecule has 1 aromatic rings. The summed E-state index contributed by atoms with van der Waals surface area (Å²) in [6.07, 6.45) is 0. The molecule has 19 heavy (non-hydrogen) atoms. The average Bonchev–Trinajstić information content (AvgIpc) is 2.35. The third kappa shape index (κ3) is 3.67. The van der Waals surface area contributed by atoms with Crippen molar-refractivity contribution >= 4 is 11.9 Å². The number of amides is 1. The van der Waals surface area contributed by atoms with Crippen LogP contribution in [0.4, 0.5) is 4.39 Å². The highest BCUT2D eigenvalue weighted by molar-refractivity contribution is 6.31. The van der Waals surface area contributed by atoms with Crippen LogP contribution in [-0.4, -0.2) is 30.6 Å². The smallest absolute Gasteiger partial charge is 0.394 e. The molecule has 0 aliphatic carbocycles. The van der Waals surface area contributed by atoms with Gasteiger partial charge in [0.15, 0.2) is 0 Å². The first kappa shape index (κ1) is 14.9. The van der Waals surface area contributed by atoms with Gasteiger partial charge in [0.05, 0.1) is 7.11 Å². The Balaban J connectivity index is 2.96. The van der Waals surface area contributed by atoms with E-state index >= 15 is 0 Å². The van der Waals surface area contributed by atoms with Crippen LogP contribution in [0, 0.1) is 5.82 Å². The molecule has 104 valence electrons. The maximum Gasteiger partial charge on any atom is 0.394 e. The van der Waals surface area contributed by atoms with Gasteiger partial charge >= 0.3 is 11.9 Å². The summed E-state index contributed by atoms with van der Waals surface area (Å²) in [5.41, 5.74) is -0.112. The van der Waals surface area contributed by atoms with Gasteiger partial charge in [-0.25, -0.2) is 9.18 Å². The van der Waals surface area contributed by atoms with E-state index in [1.54, 1.807) is 13.8 Å². The van der Waals surface area contributed by atoms with Crippen molar-refractivity contribution in [3.8, 4) is 5.75 Å². The lowest BCUT2D eigenvalue weighted by Gasteiger charge is -2.27. The van der Waals surface area contributed by atoms with Gasteiger partial charge in [-0.05, 0) is 18.2 Å². The maximum absolute atomic E-state index is 13.3. The van der Waals surface area contributed by atoms with Crippen molar-refractivity contribution in [2.45, 2.75) is 19.3 Å². The summed E-state index contributed by atoms with van der Waals surface area (Å²) in [5, 5.41) is 10.8. The van der Waals surface area contributed by atoms with Crippen LogP contribution < -0.4 is 10.1 Å². The van der Waals surface area contributed by atoms with Gasteiger partial charge in [-0.3, -0.25) is 4.79 Å². The Morgan fingerprint density at radius 1 is 1.42 bits per heavy atom. The average molecular weight is 269 g/mol. The zero-order chi connectivity index (χ0) is 14.6. The second-order valence-electron chi connectivity index (χ2n) is 4.72. The molecule has 5 nitrogen and oxygen atoms in total. The maximum atomic E-state index is 13.3. The fourth-order valence-corrected chi connectivity index (χ4v) is 1.68. The van der Waals surface area contributed by atoms with Crippen LogP contribution in [0.5, 0.6) is 5.75 Å². The Labute approximate surface area is 110 Å². The molecule has 1 rings (SSSR count). The Morgan fingerprint density at radius 3 is 2.58 bits per heavy atom. The summed E-state index contributed by atoms with van der Waals surface area (Å²) in [7, 11) is 1.46. The quantitative estimate of drug-likeness (QED) is 0.808. The normalized spacial score (nSPS) is 10.9. The minimum Gasteiger partial charge on any atom is -0.496 e. The van der Waals surface area contributed by atoms with E-state index in [4.69, 9.17) is 9.84 Å². The van der Waals surface area contributed by atoms with Crippen molar-refractivity contribution in [2.24, 2.45) is 0 Å². The van der Waals surface area contributed by atoms with Crippen molar-refractivity contribution < 1.29 is 23.8 Å². The molecule has 2 N–H and O–H groups in total. The summed E-state index contributed by atoms with van der Waals surface area (Å²) >= 11 is 0. The van der Waals surface area contributed by atoms with Crippen LogP contribution in [0.15, 0.2) is 18.2 Å². The van der Waals surface area contributed by atoms with E-state index < -0.39 is 23.1 Å². The predicted octanol–water partition coefficient (Wildman–Crippen LogP) is 1.31. The van der Waals surface area contributed by atoms with Gasteiger partial charge in [-0.2, -0.15) is 0 Å². The van der Waals surface area contributed by atoms with Gasteiger partial charge in [0.25, 0.3) is 0 Å². The lowest BCUT2D eigenvalue weighted by Crippen LogP contribution is -2.40. The summed E-state index contributed by atoms with van der Waals surface area (Å²) in [5.74, 6) is -2.59. The van der Waals surface area contributed by atoms with Crippen LogP contribution in [0.1, 0.15) is 19.4 Å². The van der Waals surface area contributed by atoms with Crippen LogP contribution in [0.3, 0.4) is 0 Å². The minimum absolute atomic E-state index is 0.0535. The number of rotatable bonds is 4. The standard InChI is InChI=1S/C13H16FNO4/c1-13(2,7-15-11(16)12(17)18)9-6-8(14)4-5-10(9)19-3/h4-6H,7H2,1-3H3,(H,15,16)(H,17,18). The molecule has 0 radical (unpaired) electrons. The number of aliphatic carboxylic acids is 1. The van der Waals surface area contributed by atoms with Crippen molar-refractivity contribution in [3.05, 3.63) is 29.6 Å². The number of methoxy groups -OCH3 is 1. The number of carboxylic acids is 1. The second kappa shape index (κ2) is 5.69. The van der Waals surface area contributed by atoms with E-state index in [1.165, 1.54) is 25.3 Å². The van der Waals surface area contributed by atoms with Gasteiger partial charge < -0.3 is 15.2 Å². The third-order valence-corrected chi connectivity index (χ3v) is 2.78.